The fourth-order valence-electron chi connectivity index (χ4n) is 3.99. The molecule has 19 heavy (non-hydrogen) atoms. The van der Waals surface area contributed by atoms with Gasteiger partial charge in [0, 0.05) is 25.0 Å². The van der Waals surface area contributed by atoms with Gasteiger partial charge in [0.05, 0.1) is 0 Å². The van der Waals surface area contributed by atoms with E-state index >= 15 is 0 Å². The summed E-state index contributed by atoms with van der Waals surface area (Å²) in [4.78, 5) is 14.9. The molecule has 3 heteroatoms. The quantitative estimate of drug-likeness (QED) is 0.799. The molecule has 108 valence electrons. The van der Waals surface area contributed by atoms with Gasteiger partial charge in [-0.2, -0.15) is 0 Å². The first-order valence-corrected chi connectivity index (χ1v) is 8.30. The van der Waals surface area contributed by atoms with Gasteiger partial charge in [-0.3, -0.25) is 4.79 Å². The van der Waals surface area contributed by atoms with E-state index in [0.717, 1.165) is 37.9 Å². The number of unbranched alkanes of at least 4 members (excludes halogenated alkanes) is 1. The van der Waals surface area contributed by atoms with Gasteiger partial charge in [-0.1, -0.05) is 13.3 Å². The molecule has 3 unspecified atom stereocenters. The Morgan fingerprint density at radius 3 is 2.68 bits per heavy atom. The molecule has 1 aliphatic heterocycles. The number of rotatable bonds is 6. The molecule has 2 aliphatic carbocycles. The fourth-order valence-corrected chi connectivity index (χ4v) is 3.99. The first-order chi connectivity index (χ1) is 9.28. The van der Waals surface area contributed by atoms with Crippen molar-refractivity contribution in [1.29, 1.82) is 0 Å². The lowest BCUT2D eigenvalue weighted by Crippen LogP contribution is -2.44. The summed E-state index contributed by atoms with van der Waals surface area (Å²) in [6.07, 6.45) is 8.62. The van der Waals surface area contributed by atoms with E-state index < -0.39 is 0 Å². The number of nitrogens with zero attached hydrogens (tertiary/aromatic N) is 1. The van der Waals surface area contributed by atoms with Crippen molar-refractivity contribution in [2.24, 2.45) is 17.8 Å². The Hall–Kier alpha value is -0.570. The van der Waals surface area contributed by atoms with Crippen LogP contribution in [0, 0.1) is 17.8 Å². The van der Waals surface area contributed by atoms with E-state index in [4.69, 9.17) is 0 Å². The van der Waals surface area contributed by atoms with Crippen molar-refractivity contribution in [2.75, 3.05) is 19.6 Å². The molecule has 0 aromatic carbocycles. The van der Waals surface area contributed by atoms with Crippen LogP contribution in [0.4, 0.5) is 0 Å². The maximum absolute atomic E-state index is 12.7. The lowest BCUT2D eigenvalue weighted by atomic mass is 10.0. The van der Waals surface area contributed by atoms with Crippen LogP contribution < -0.4 is 5.32 Å². The molecule has 3 nitrogen and oxygen atoms in total. The predicted molar refractivity (Wildman–Crippen MR) is 76.8 cm³/mol. The van der Waals surface area contributed by atoms with E-state index in [1.54, 1.807) is 0 Å². The van der Waals surface area contributed by atoms with E-state index in [1.807, 2.05) is 0 Å². The third-order valence-corrected chi connectivity index (χ3v) is 5.29. The van der Waals surface area contributed by atoms with Gasteiger partial charge in [0.2, 0.25) is 5.91 Å². The Morgan fingerprint density at radius 1 is 1.26 bits per heavy atom. The summed E-state index contributed by atoms with van der Waals surface area (Å²) >= 11 is 0. The van der Waals surface area contributed by atoms with Crippen LogP contribution in [0.1, 0.15) is 51.9 Å². The van der Waals surface area contributed by atoms with Crippen LogP contribution in [-0.2, 0) is 4.79 Å². The van der Waals surface area contributed by atoms with Crippen LogP contribution in [0.3, 0.4) is 0 Å². The summed E-state index contributed by atoms with van der Waals surface area (Å²) in [6, 6.07) is 0.553. The molecule has 1 N–H and O–H groups in total. The molecule has 0 radical (unpaired) electrons. The number of carbonyl (C=O) groups is 1. The standard InChI is InChI=1S/C16H28N2O/c1-2-3-7-18(11-15-5-4-6-17-15)16(19)14-9-12-8-13(12)10-14/h12-15,17H,2-11H2,1H3. The molecule has 1 heterocycles. The minimum Gasteiger partial charge on any atom is -0.341 e. The molecular weight excluding hydrogens is 236 g/mol. The van der Waals surface area contributed by atoms with Crippen molar-refractivity contribution >= 4 is 5.91 Å². The highest BCUT2D eigenvalue weighted by molar-refractivity contribution is 5.79. The van der Waals surface area contributed by atoms with Crippen molar-refractivity contribution in [2.45, 2.75) is 57.9 Å². The molecule has 3 rings (SSSR count). The van der Waals surface area contributed by atoms with Gasteiger partial charge in [0.1, 0.15) is 0 Å². The average molecular weight is 264 g/mol. The molecular formula is C16H28N2O. The highest BCUT2D eigenvalue weighted by Crippen LogP contribution is 2.54. The first kappa shape index (κ1) is 13.4. The second kappa shape index (κ2) is 5.82. The van der Waals surface area contributed by atoms with Gasteiger partial charge < -0.3 is 10.2 Å². The fraction of sp³-hybridized carbons (Fsp3) is 0.938. The molecule has 0 spiro atoms. The van der Waals surface area contributed by atoms with Crippen molar-refractivity contribution in [1.82, 2.24) is 10.2 Å². The Labute approximate surface area is 117 Å². The summed E-state index contributed by atoms with van der Waals surface area (Å²) in [5, 5.41) is 3.53. The smallest absolute Gasteiger partial charge is 0.225 e. The van der Waals surface area contributed by atoms with Crippen LogP contribution in [0.2, 0.25) is 0 Å². The van der Waals surface area contributed by atoms with E-state index in [-0.39, 0.29) is 0 Å². The largest absolute Gasteiger partial charge is 0.341 e. The molecule has 3 atom stereocenters. The minimum atomic E-state index is 0.363. The number of fused-ring (bicyclic) bond motifs is 1. The second-order valence-electron chi connectivity index (χ2n) is 6.86. The van der Waals surface area contributed by atoms with Gasteiger partial charge in [-0.05, 0) is 56.9 Å². The van der Waals surface area contributed by atoms with Crippen LogP contribution in [0.5, 0.6) is 0 Å². The summed E-state index contributed by atoms with van der Waals surface area (Å²) in [5.74, 6) is 2.65. The van der Waals surface area contributed by atoms with Gasteiger partial charge in [-0.15, -0.1) is 0 Å². The number of carbonyl (C=O) groups excluding carboxylic acids is 1. The Bertz CT molecular complexity index is 315. The Balaban J connectivity index is 1.55. The molecule has 3 aliphatic rings. The van der Waals surface area contributed by atoms with Crippen molar-refractivity contribution in [3.05, 3.63) is 0 Å². The van der Waals surface area contributed by atoms with Gasteiger partial charge in [0.25, 0.3) is 0 Å². The molecule has 0 bridgehead atoms. The minimum absolute atomic E-state index is 0.363. The number of amides is 1. The van der Waals surface area contributed by atoms with E-state index in [0.29, 0.717) is 17.9 Å². The maximum Gasteiger partial charge on any atom is 0.225 e. The van der Waals surface area contributed by atoms with Crippen molar-refractivity contribution < 1.29 is 4.79 Å². The molecule has 1 saturated heterocycles. The number of hydrogen-bond acceptors (Lipinski definition) is 2. The maximum atomic E-state index is 12.7. The normalized spacial score (nSPS) is 36.3. The van der Waals surface area contributed by atoms with E-state index in [9.17, 15) is 4.79 Å². The monoisotopic (exact) mass is 264 g/mol. The molecule has 0 aromatic heterocycles. The number of nitrogens with one attached hydrogen (secondary N) is 1. The van der Waals surface area contributed by atoms with Crippen LogP contribution in [-0.4, -0.2) is 36.5 Å². The predicted octanol–water partition coefficient (Wildman–Crippen LogP) is 2.41. The second-order valence-corrected chi connectivity index (χ2v) is 6.86. The van der Waals surface area contributed by atoms with E-state index in [1.165, 1.54) is 38.5 Å². The first-order valence-electron chi connectivity index (χ1n) is 8.30. The zero-order valence-corrected chi connectivity index (χ0v) is 12.2. The van der Waals surface area contributed by atoms with Gasteiger partial charge in [0.15, 0.2) is 0 Å². The summed E-state index contributed by atoms with van der Waals surface area (Å²) < 4.78 is 0. The Kier molecular flexibility index (Phi) is 4.11. The van der Waals surface area contributed by atoms with Crippen LogP contribution >= 0.6 is 0 Å². The molecule has 3 fully saturated rings. The van der Waals surface area contributed by atoms with E-state index in [2.05, 4.69) is 17.1 Å². The van der Waals surface area contributed by atoms with Gasteiger partial charge >= 0.3 is 0 Å². The zero-order valence-electron chi connectivity index (χ0n) is 12.2. The highest BCUT2D eigenvalue weighted by Gasteiger charge is 2.48. The van der Waals surface area contributed by atoms with Crippen LogP contribution in [0.25, 0.3) is 0 Å². The van der Waals surface area contributed by atoms with Gasteiger partial charge in [-0.25, -0.2) is 0 Å². The Morgan fingerprint density at radius 2 is 2.05 bits per heavy atom. The average Bonchev–Trinajstić information content (AvgIpc) is 2.85. The van der Waals surface area contributed by atoms with Crippen molar-refractivity contribution in [3.63, 3.8) is 0 Å². The zero-order chi connectivity index (χ0) is 13.2. The summed E-state index contributed by atoms with van der Waals surface area (Å²) in [6.45, 7) is 5.26. The van der Waals surface area contributed by atoms with Crippen LogP contribution in [0.15, 0.2) is 0 Å². The highest BCUT2D eigenvalue weighted by atomic mass is 16.2. The molecule has 2 saturated carbocycles. The third-order valence-electron chi connectivity index (χ3n) is 5.29. The summed E-state index contributed by atoms with van der Waals surface area (Å²) in [7, 11) is 0. The third kappa shape index (κ3) is 3.13. The summed E-state index contributed by atoms with van der Waals surface area (Å²) in [5.41, 5.74) is 0. The molecule has 0 aromatic rings. The SMILES string of the molecule is CCCCN(CC1CCCN1)C(=O)C1CC2CC2C1. The van der Waals surface area contributed by atoms with Crippen molar-refractivity contribution in [3.8, 4) is 0 Å². The number of hydrogen-bond donors (Lipinski definition) is 1. The molecule has 1 amide bonds. The lowest BCUT2D eigenvalue weighted by molar-refractivity contribution is -0.136. The topological polar surface area (TPSA) is 32.3 Å². The lowest BCUT2D eigenvalue weighted by Gasteiger charge is -2.29.